The van der Waals surface area contributed by atoms with Gasteiger partial charge in [0.05, 0.1) is 11.9 Å². The number of rotatable bonds is 5. The third-order valence-corrected chi connectivity index (χ3v) is 5.76. The van der Waals surface area contributed by atoms with E-state index in [1.165, 1.54) is 4.90 Å². The number of halogens is 1. The molecule has 2 aliphatic heterocycles. The number of carbonyl (C=O) groups is 3. The molecule has 9 nitrogen and oxygen atoms in total. The summed E-state index contributed by atoms with van der Waals surface area (Å²) >= 11 is 5.88. The lowest BCUT2D eigenvalue weighted by molar-refractivity contribution is -0.136. The smallest absolute Gasteiger partial charge is 0.255 e. The Morgan fingerprint density at radius 2 is 1.94 bits per heavy atom. The van der Waals surface area contributed by atoms with E-state index in [9.17, 15) is 14.4 Å². The standard InChI is InChI=1S/C22H18ClN5O4/c23-14-1-4-17(5-2-14)32-12-15-11-28(26-25-15)16-3-6-18-13(9-16)10-27(22(18)31)19-7-8-20(29)24-21(19)30/h1-6,9,11,19H,7-8,10,12H2,(H,24,29,30). The molecule has 162 valence electrons. The third-order valence-electron chi connectivity index (χ3n) is 5.51. The number of fused-ring (bicyclic) bond motifs is 1. The zero-order valence-corrected chi connectivity index (χ0v) is 17.6. The maximum atomic E-state index is 12.8. The first-order chi connectivity index (χ1) is 15.5. The highest BCUT2D eigenvalue weighted by Crippen LogP contribution is 2.29. The van der Waals surface area contributed by atoms with Gasteiger partial charge in [-0.05, 0) is 54.4 Å². The number of nitrogens with zero attached hydrogens (tertiary/aromatic N) is 4. The minimum absolute atomic E-state index is 0.211. The molecule has 1 aromatic heterocycles. The average molecular weight is 452 g/mol. The number of nitrogens with one attached hydrogen (secondary N) is 1. The van der Waals surface area contributed by atoms with Crippen molar-refractivity contribution in [2.45, 2.75) is 32.0 Å². The highest BCUT2D eigenvalue weighted by Gasteiger charge is 2.39. The lowest BCUT2D eigenvalue weighted by atomic mass is 10.0. The summed E-state index contributed by atoms with van der Waals surface area (Å²) in [7, 11) is 0. The number of piperidine rings is 1. The monoisotopic (exact) mass is 451 g/mol. The van der Waals surface area contributed by atoms with Crippen LogP contribution in [0.15, 0.2) is 48.7 Å². The van der Waals surface area contributed by atoms with Crippen LogP contribution < -0.4 is 10.1 Å². The third kappa shape index (κ3) is 3.82. The topological polar surface area (TPSA) is 106 Å². The molecule has 3 heterocycles. The Morgan fingerprint density at radius 1 is 1.12 bits per heavy atom. The molecule has 1 unspecified atom stereocenters. The Labute approximate surface area is 187 Å². The Morgan fingerprint density at radius 3 is 2.72 bits per heavy atom. The fourth-order valence-electron chi connectivity index (χ4n) is 3.88. The van der Waals surface area contributed by atoms with Crippen LogP contribution in [0.2, 0.25) is 5.02 Å². The minimum Gasteiger partial charge on any atom is -0.487 e. The van der Waals surface area contributed by atoms with Crippen molar-refractivity contribution in [2.75, 3.05) is 0 Å². The molecular weight excluding hydrogens is 434 g/mol. The van der Waals surface area contributed by atoms with Crippen molar-refractivity contribution < 1.29 is 19.1 Å². The number of hydrogen-bond acceptors (Lipinski definition) is 6. The molecule has 2 aliphatic rings. The first-order valence-electron chi connectivity index (χ1n) is 10.1. The van der Waals surface area contributed by atoms with Gasteiger partial charge in [0.15, 0.2) is 0 Å². The molecule has 0 saturated carbocycles. The number of amides is 3. The van der Waals surface area contributed by atoms with Crippen LogP contribution in [-0.4, -0.2) is 43.7 Å². The van der Waals surface area contributed by atoms with Crippen molar-refractivity contribution >= 4 is 29.3 Å². The van der Waals surface area contributed by atoms with Crippen molar-refractivity contribution in [3.8, 4) is 11.4 Å². The Hall–Kier alpha value is -3.72. The van der Waals surface area contributed by atoms with E-state index in [1.54, 1.807) is 47.3 Å². The van der Waals surface area contributed by atoms with Crippen molar-refractivity contribution in [2.24, 2.45) is 0 Å². The van der Waals surface area contributed by atoms with Gasteiger partial charge in [-0.2, -0.15) is 0 Å². The summed E-state index contributed by atoms with van der Waals surface area (Å²) in [6.45, 7) is 0.546. The molecule has 32 heavy (non-hydrogen) atoms. The van der Waals surface area contributed by atoms with Crippen LogP contribution in [0.5, 0.6) is 5.75 Å². The highest BCUT2D eigenvalue weighted by molar-refractivity contribution is 6.30. The van der Waals surface area contributed by atoms with Gasteiger partial charge < -0.3 is 9.64 Å². The largest absolute Gasteiger partial charge is 0.487 e. The summed E-state index contributed by atoms with van der Waals surface area (Å²) in [6, 6.07) is 11.8. The number of benzene rings is 2. The number of ether oxygens (including phenoxy) is 1. The minimum atomic E-state index is -0.640. The SMILES string of the molecule is O=C1CCC(N2Cc3cc(-n4cc(COc5ccc(Cl)cc5)nn4)ccc3C2=O)C(=O)N1. The maximum Gasteiger partial charge on any atom is 0.255 e. The molecule has 0 aliphatic carbocycles. The average Bonchev–Trinajstić information content (AvgIpc) is 3.38. The molecule has 1 N–H and O–H groups in total. The molecular formula is C22H18ClN5O4. The van der Waals surface area contributed by atoms with E-state index in [0.29, 0.717) is 35.0 Å². The van der Waals surface area contributed by atoms with E-state index >= 15 is 0 Å². The molecule has 2 aromatic carbocycles. The van der Waals surface area contributed by atoms with Gasteiger partial charge in [0.1, 0.15) is 24.1 Å². The summed E-state index contributed by atoms with van der Waals surface area (Å²) in [6.07, 6.45) is 2.31. The number of imide groups is 1. The second-order valence-corrected chi connectivity index (χ2v) is 8.07. The fourth-order valence-corrected chi connectivity index (χ4v) is 4.01. The van der Waals surface area contributed by atoms with Gasteiger partial charge in [-0.15, -0.1) is 5.10 Å². The number of aromatic nitrogens is 3. The quantitative estimate of drug-likeness (QED) is 0.596. The van der Waals surface area contributed by atoms with E-state index in [1.807, 2.05) is 6.07 Å². The lowest BCUT2D eigenvalue weighted by Crippen LogP contribution is -2.52. The second-order valence-electron chi connectivity index (χ2n) is 7.64. The predicted octanol–water partition coefficient (Wildman–Crippen LogP) is 2.26. The zero-order chi connectivity index (χ0) is 22.2. The van der Waals surface area contributed by atoms with Crippen molar-refractivity contribution in [1.29, 1.82) is 0 Å². The van der Waals surface area contributed by atoms with Gasteiger partial charge in [0, 0.05) is 23.6 Å². The molecule has 3 amide bonds. The van der Waals surface area contributed by atoms with Crippen molar-refractivity contribution in [3.63, 3.8) is 0 Å². The van der Waals surface area contributed by atoms with Crippen molar-refractivity contribution in [1.82, 2.24) is 25.2 Å². The summed E-state index contributed by atoms with van der Waals surface area (Å²) < 4.78 is 7.31. The first-order valence-corrected chi connectivity index (χ1v) is 10.4. The molecule has 1 saturated heterocycles. The van der Waals surface area contributed by atoms with E-state index in [4.69, 9.17) is 16.3 Å². The van der Waals surface area contributed by atoms with Gasteiger partial charge >= 0.3 is 0 Å². The molecule has 5 rings (SSSR count). The molecule has 0 radical (unpaired) electrons. The van der Waals surface area contributed by atoms with Crippen LogP contribution in [0.3, 0.4) is 0 Å². The zero-order valence-electron chi connectivity index (χ0n) is 16.8. The van der Waals surface area contributed by atoms with Crippen molar-refractivity contribution in [3.05, 3.63) is 70.5 Å². The van der Waals surface area contributed by atoms with Gasteiger partial charge in [-0.3, -0.25) is 19.7 Å². The van der Waals surface area contributed by atoms with Crippen LogP contribution in [0.4, 0.5) is 0 Å². The summed E-state index contributed by atoms with van der Waals surface area (Å²) in [5, 5.41) is 11.2. The van der Waals surface area contributed by atoms with Gasteiger partial charge in [-0.1, -0.05) is 16.8 Å². The Kier molecular flexibility index (Phi) is 5.10. The fraction of sp³-hybridized carbons (Fsp3) is 0.227. The highest BCUT2D eigenvalue weighted by atomic mass is 35.5. The normalized spacial score (nSPS) is 18.0. The molecule has 0 bridgehead atoms. The Bertz CT molecular complexity index is 1220. The van der Waals surface area contributed by atoms with E-state index in [-0.39, 0.29) is 24.8 Å². The molecule has 10 heteroatoms. The van der Waals surface area contributed by atoms with Crippen LogP contribution in [0, 0.1) is 0 Å². The molecule has 0 spiro atoms. The van der Waals surface area contributed by atoms with Crippen LogP contribution in [-0.2, 0) is 22.7 Å². The van der Waals surface area contributed by atoms with E-state index in [2.05, 4.69) is 15.6 Å². The predicted molar refractivity (Wildman–Crippen MR) is 113 cm³/mol. The summed E-state index contributed by atoms with van der Waals surface area (Å²) in [4.78, 5) is 37.9. The molecule has 3 aromatic rings. The van der Waals surface area contributed by atoms with Gasteiger partial charge in [0.25, 0.3) is 5.91 Å². The van der Waals surface area contributed by atoms with Crippen LogP contribution >= 0.6 is 11.6 Å². The summed E-state index contributed by atoms with van der Waals surface area (Å²) in [5.74, 6) is -0.269. The maximum absolute atomic E-state index is 12.8. The summed E-state index contributed by atoms with van der Waals surface area (Å²) in [5.41, 5.74) is 2.73. The van der Waals surface area contributed by atoms with Gasteiger partial charge in [-0.25, -0.2) is 4.68 Å². The lowest BCUT2D eigenvalue weighted by Gasteiger charge is -2.29. The molecule has 1 fully saturated rings. The molecule has 1 atom stereocenters. The van der Waals surface area contributed by atoms with E-state index < -0.39 is 11.9 Å². The van der Waals surface area contributed by atoms with Crippen LogP contribution in [0.25, 0.3) is 5.69 Å². The van der Waals surface area contributed by atoms with Gasteiger partial charge in [0.2, 0.25) is 11.8 Å². The first kappa shape index (κ1) is 20.2. The second kappa shape index (κ2) is 8.08. The Balaban J connectivity index is 1.29. The van der Waals surface area contributed by atoms with Crippen LogP contribution in [0.1, 0.15) is 34.5 Å². The number of hydrogen-bond donors (Lipinski definition) is 1. The van der Waals surface area contributed by atoms with E-state index in [0.717, 1.165) is 11.3 Å². The number of carbonyl (C=O) groups excluding carboxylic acids is 3.